The molecule has 38 heavy (non-hydrogen) atoms. The van der Waals surface area contributed by atoms with Gasteiger partial charge < -0.3 is 25.0 Å². The zero-order chi connectivity index (χ0) is 26.8. The van der Waals surface area contributed by atoms with Crippen molar-refractivity contribution in [1.29, 1.82) is 0 Å². The first-order valence-electron chi connectivity index (χ1n) is 13.1. The van der Waals surface area contributed by atoms with Crippen LogP contribution < -0.4 is 15.0 Å². The molecule has 1 atom stereocenters. The summed E-state index contributed by atoms with van der Waals surface area (Å²) in [5.41, 5.74) is 3.67. The standard InChI is InChI=1S/C27H33ClN6O4/c1-17-20(6-5-13-35)30-24-15-21-22-7-3-4-11-33(22)27(37)19-14-18(28)8-9-23(19)38-16-25(36)29-10-12-32(2)26(17)34(24)31-21/h8-9,14-15,22,35H,3-7,10-13,16H2,1-2H3,(H,29,36)/t22-/m0/s1. The van der Waals surface area contributed by atoms with Gasteiger partial charge in [-0.25, -0.2) is 4.98 Å². The van der Waals surface area contributed by atoms with E-state index in [-0.39, 0.29) is 31.1 Å². The number of aryl methyl sites for hydroxylation is 1. The Hall–Kier alpha value is -3.37. The van der Waals surface area contributed by atoms with Gasteiger partial charge in [0.2, 0.25) is 0 Å². The van der Waals surface area contributed by atoms with Gasteiger partial charge >= 0.3 is 0 Å². The predicted molar refractivity (Wildman–Crippen MR) is 144 cm³/mol. The number of ether oxygens (including phenoxy) is 1. The first-order chi connectivity index (χ1) is 18.4. The zero-order valence-corrected chi connectivity index (χ0v) is 22.5. The number of benzene rings is 1. The third kappa shape index (κ3) is 5.15. The van der Waals surface area contributed by atoms with E-state index in [2.05, 4.69) is 10.2 Å². The molecule has 2 N–H and O–H groups in total. The van der Waals surface area contributed by atoms with Crippen molar-refractivity contribution in [2.45, 2.75) is 45.1 Å². The normalized spacial score (nSPS) is 18.8. The second kappa shape index (κ2) is 11.2. The van der Waals surface area contributed by atoms with E-state index in [1.807, 2.05) is 29.5 Å². The van der Waals surface area contributed by atoms with Crippen LogP contribution in [0.1, 0.15) is 59.0 Å². The molecule has 3 aromatic rings. The minimum Gasteiger partial charge on any atom is -0.483 e. The number of aromatic nitrogens is 3. The van der Waals surface area contributed by atoms with Crippen molar-refractivity contribution in [2.75, 3.05) is 44.8 Å². The number of carbonyl (C=O) groups is 2. The highest BCUT2D eigenvalue weighted by Gasteiger charge is 2.33. The number of rotatable bonds is 3. The van der Waals surface area contributed by atoms with Crippen molar-refractivity contribution in [3.05, 3.63) is 51.8 Å². The lowest BCUT2D eigenvalue weighted by atomic mass is 9.98. The second-order valence-electron chi connectivity index (χ2n) is 9.88. The lowest BCUT2D eigenvalue weighted by Crippen LogP contribution is -2.39. The summed E-state index contributed by atoms with van der Waals surface area (Å²) < 4.78 is 7.64. The maximum Gasteiger partial charge on any atom is 0.258 e. The van der Waals surface area contributed by atoms with E-state index in [9.17, 15) is 14.7 Å². The first-order valence-corrected chi connectivity index (χ1v) is 13.5. The van der Waals surface area contributed by atoms with Crippen LogP contribution in [0.2, 0.25) is 5.02 Å². The molecule has 10 nitrogen and oxygen atoms in total. The molecule has 11 heteroatoms. The average Bonchev–Trinajstić information content (AvgIpc) is 3.33. The average molecular weight is 541 g/mol. The van der Waals surface area contributed by atoms with Gasteiger partial charge in [0.1, 0.15) is 11.6 Å². The molecule has 2 aromatic heterocycles. The lowest BCUT2D eigenvalue weighted by Gasteiger charge is -2.35. The fourth-order valence-corrected chi connectivity index (χ4v) is 5.50. The van der Waals surface area contributed by atoms with Gasteiger partial charge in [-0.15, -0.1) is 0 Å². The number of amides is 2. The summed E-state index contributed by atoms with van der Waals surface area (Å²) in [6.07, 6.45) is 3.88. The molecule has 2 aliphatic rings. The number of nitrogens with one attached hydrogen (secondary N) is 1. The summed E-state index contributed by atoms with van der Waals surface area (Å²) in [7, 11) is 1.96. The van der Waals surface area contributed by atoms with Crippen LogP contribution in [0.25, 0.3) is 5.65 Å². The fourth-order valence-electron chi connectivity index (χ4n) is 5.33. The Morgan fingerprint density at radius 2 is 2.05 bits per heavy atom. The van der Waals surface area contributed by atoms with Gasteiger partial charge in [0, 0.05) is 55.6 Å². The van der Waals surface area contributed by atoms with Crippen molar-refractivity contribution >= 4 is 34.9 Å². The Bertz CT molecular complexity index is 1360. The fraction of sp³-hybridized carbons (Fsp3) is 0.481. The van der Waals surface area contributed by atoms with Crippen molar-refractivity contribution < 1.29 is 19.4 Å². The van der Waals surface area contributed by atoms with Crippen LogP contribution in [-0.4, -0.2) is 76.3 Å². The SMILES string of the molecule is Cc1c(CCCO)nc2cc3nn2c1N(C)CCNC(=O)COc1ccc(Cl)cc1C(=O)N1CCCC[C@@H]31. The van der Waals surface area contributed by atoms with Gasteiger partial charge in [0.15, 0.2) is 12.3 Å². The number of fused-ring (bicyclic) bond motifs is 4. The van der Waals surface area contributed by atoms with Crippen LogP contribution >= 0.6 is 11.6 Å². The molecule has 0 spiro atoms. The Morgan fingerprint density at radius 3 is 2.87 bits per heavy atom. The largest absolute Gasteiger partial charge is 0.483 e. The monoisotopic (exact) mass is 540 g/mol. The van der Waals surface area contributed by atoms with Crippen LogP contribution in [0.5, 0.6) is 5.75 Å². The highest BCUT2D eigenvalue weighted by Crippen LogP contribution is 2.35. The summed E-state index contributed by atoms with van der Waals surface area (Å²) >= 11 is 6.27. The molecule has 0 aliphatic carbocycles. The van der Waals surface area contributed by atoms with E-state index in [0.29, 0.717) is 54.5 Å². The number of carbonyl (C=O) groups excluding carboxylic acids is 2. The number of likely N-dealkylation sites (N-methyl/N-ethyl adjacent to an activating group) is 1. The third-order valence-electron chi connectivity index (χ3n) is 7.27. The van der Waals surface area contributed by atoms with Gasteiger partial charge in [-0.05, 0) is 57.2 Å². The van der Waals surface area contributed by atoms with Gasteiger partial charge in [-0.1, -0.05) is 11.6 Å². The second-order valence-corrected chi connectivity index (χ2v) is 10.3. The van der Waals surface area contributed by atoms with Crippen molar-refractivity contribution in [3.63, 3.8) is 0 Å². The van der Waals surface area contributed by atoms with Crippen LogP contribution in [0.3, 0.4) is 0 Å². The van der Waals surface area contributed by atoms with E-state index in [4.69, 9.17) is 26.4 Å². The molecular formula is C27H33ClN6O4. The lowest BCUT2D eigenvalue weighted by molar-refractivity contribution is -0.123. The number of hydrogen-bond acceptors (Lipinski definition) is 7. The summed E-state index contributed by atoms with van der Waals surface area (Å²) in [4.78, 5) is 35.3. The Balaban J connectivity index is 1.65. The molecule has 2 bridgehead atoms. The molecule has 4 heterocycles. The van der Waals surface area contributed by atoms with Crippen molar-refractivity contribution in [1.82, 2.24) is 24.8 Å². The topological polar surface area (TPSA) is 112 Å². The summed E-state index contributed by atoms with van der Waals surface area (Å²) in [5, 5.41) is 17.7. The number of nitrogens with zero attached hydrogens (tertiary/aromatic N) is 5. The van der Waals surface area contributed by atoms with E-state index >= 15 is 0 Å². The molecule has 1 fully saturated rings. The minimum atomic E-state index is -0.281. The highest BCUT2D eigenvalue weighted by atomic mass is 35.5. The van der Waals surface area contributed by atoms with Crippen molar-refractivity contribution in [3.8, 4) is 5.75 Å². The van der Waals surface area contributed by atoms with E-state index in [1.165, 1.54) is 0 Å². The maximum absolute atomic E-state index is 13.9. The van der Waals surface area contributed by atoms with E-state index < -0.39 is 0 Å². The van der Waals surface area contributed by atoms with Crippen LogP contribution in [0.4, 0.5) is 5.82 Å². The smallest absolute Gasteiger partial charge is 0.258 e. The molecule has 202 valence electrons. The predicted octanol–water partition coefficient (Wildman–Crippen LogP) is 2.93. The molecule has 2 aliphatic heterocycles. The molecular weight excluding hydrogens is 508 g/mol. The number of hydrogen-bond donors (Lipinski definition) is 2. The van der Waals surface area contributed by atoms with Gasteiger partial charge in [0.25, 0.3) is 11.8 Å². The number of aliphatic hydroxyl groups excluding tert-OH is 1. The van der Waals surface area contributed by atoms with Gasteiger partial charge in [-0.3, -0.25) is 9.59 Å². The zero-order valence-electron chi connectivity index (χ0n) is 21.7. The molecule has 5 rings (SSSR count). The third-order valence-corrected chi connectivity index (χ3v) is 7.50. The Labute approximate surface area is 226 Å². The molecule has 0 saturated carbocycles. The van der Waals surface area contributed by atoms with Crippen LogP contribution in [-0.2, 0) is 11.2 Å². The number of piperidine rings is 1. The number of aliphatic hydroxyl groups is 1. The van der Waals surface area contributed by atoms with Crippen molar-refractivity contribution in [2.24, 2.45) is 0 Å². The highest BCUT2D eigenvalue weighted by molar-refractivity contribution is 6.31. The van der Waals surface area contributed by atoms with Crippen LogP contribution in [0, 0.1) is 6.92 Å². The van der Waals surface area contributed by atoms with Gasteiger partial charge in [0.05, 0.1) is 17.3 Å². The molecule has 1 saturated heterocycles. The van der Waals surface area contributed by atoms with Gasteiger partial charge in [-0.2, -0.15) is 9.61 Å². The summed E-state index contributed by atoms with van der Waals surface area (Å²) in [6.45, 7) is 3.39. The number of halogens is 1. The van der Waals surface area contributed by atoms with E-state index in [0.717, 1.165) is 42.0 Å². The van der Waals surface area contributed by atoms with E-state index in [1.54, 1.807) is 18.2 Å². The summed E-state index contributed by atoms with van der Waals surface area (Å²) in [6, 6.07) is 6.61. The first kappa shape index (κ1) is 26.2. The van der Waals surface area contributed by atoms with Crippen LogP contribution in [0.15, 0.2) is 24.3 Å². The molecule has 1 aromatic carbocycles. The number of anilines is 1. The molecule has 0 radical (unpaired) electrons. The Kier molecular flexibility index (Phi) is 7.71. The summed E-state index contributed by atoms with van der Waals surface area (Å²) in [5.74, 6) is 0.710. The molecule has 2 amide bonds. The quantitative estimate of drug-likeness (QED) is 0.525. The Morgan fingerprint density at radius 1 is 1.21 bits per heavy atom. The maximum atomic E-state index is 13.9. The molecule has 0 unspecified atom stereocenters. The minimum absolute atomic E-state index is 0.0841.